The first-order chi connectivity index (χ1) is 15.0. The number of piperidine rings is 1. The van der Waals surface area contributed by atoms with Gasteiger partial charge in [0.05, 0.1) is 27.8 Å². The Kier molecular flexibility index (Phi) is 4.82. The largest absolute Gasteiger partial charge is 0.394 e. The second-order valence-electron chi connectivity index (χ2n) is 9.73. The van der Waals surface area contributed by atoms with Gasteiger partial charge < -0.3 is 15.3 Å². The van der Waals surface area contributed by atoms with Gasteiger partial charge in [-0.15, -0.1) is 0 Å². The van der Waals surface area contributed by atoms with Gasteiger partial charge in [0.15, 0.2) is 0 Å². The zero-order valence-electron chi connectivity index (χ0n) is 17.5. The van der Waals surface area contributed by atoms with Crippen molar-refractivity contribution in [3.05, 3.63) is 46.5 Å². The number of anilines is 2. The number of aromatic nitrogens is 1. The van der Waals surface area contributed by atoms with Crippen molar-refractivity contribution in [2.75, 3.05) is 29.1 Å². The highest BCUT2D eigenvalue weighted by atomic mass is 35.5. The van der Waals surface area contributed by atoms with E-state index in [0.717, 1.165) is 65.8 Å². The van der Waals surface area contributed by atoms with E-state index in [1.807, 2.05) is 12.1 Å². The van der Waals surface area contributed by atoms with Crippen molar-refractivity contribution < 1.29 is 9.32 Å². The van der Waals surface area contributed by atoms with E-state index in [1.54, 1.807) is 0 Å². The van der Waals surface area contributed by atoms with Crippen molar-refractivity contribution in [3.63, 3.8) is 0 Å². The summed E-state index contributed by atoms with van der Waals surface area (Å²) < 4.78 is 12.7. The van der Waals surface area contributed by atoms with Gasteiger partial charge >= 0.3 is 0 Å². The van der Waals surface area contributed by atoms with E-state index < -0.39 is 10.8 Å². The zero-order chi connectivity index (χ0) is 21.2. The molecule has 1 saturated heterocycles. The summed E-state index contributed by atoms with van der Waals surface area (Å²) in [6, 6.07) is 11.0. The topological polar surface area (TPSA) is 65.5 Å². The van der Waals surface area contributed by atoms with Crippen molar-refractivity contribution >= 4 is 34.0 Å². The molecule has 4 aliphatic rings. The molecule has 3 heterocycles. The fourth-order valence-corrected chi connectivity index (χ4v) is 7.58. The highest BCUT2D eigenvalue weighted by Crippen LogP contribution is 2.49. The molecular formula is C24H28ClN3O2S. The number of aliphatic hydroxyl groups excluding tert-OH is 1. The lowest BCUT2D eigenvalue weighted by atomic mass is 9.77. The van der Waals surface area contributed by atoms with Crippen molar-refractivity contribution in [1.82, 2.24) is 4.98 Å². The van der Waals surface area contributed by atoms with Gasteiger partial charge in [0.25, 0.3) is 0 Å². The molecule has 2 bridgehead atoms. The van der Waals surface area contributed by atoms with Gasteiger partial charge in [-0.3, -0.25) is 4.21 Å². The Balaban J connectivity index is 1.28. The Labute approximate surface area is 190 Å². The predicted molar refractivity (Wildman–Crippen MR) is 125 cm³/mol. The van der Waals surface area contributed by atoms with E-state index in [1.165, 1.54) is 12.0 Å². The molecule has 2 N–H and O–H groups in total. The standard InChI is InChI=1S/C24H28ClN3O2S/c25-18-4-2-15(3-5-18)20-12-19-10-17(20)13-28(19)21-11-16-6-9-31(30)22(16)23(26-21)27-24(14-29)7-1-8-24/h2-5,11,17,19-20,29H,1,6-10,12-14H2,(H,26,27). The monoisotopic (exact) mass is 457 g/mol. The van der Waals surface area contributed by atoms with Crippen molar-refractivity contribution in [2.45, 2.75) is 60.9 Å². The van der Waals surface area contributed by atoms with E-state index in [2.05, 4.69) is 28.4 Å². The second-order valence-corrected chi connectivity index (χ2v) is 11.7. The second kappa shape index (κ2) is 7.46. The molecule has 3 fully saturated rings. The van der Waals surface area contributed by atoms with Crippen LogP contribution in [0.25, 0.3) is 0 Å². The van der Waals surface area contributed by atoms with E-state index in [0.29, 0.717) is 23.6 Å². The molecule has 4 unspecified atom stereocenters. The van der Waals surface area contributed by atoms with Gasteiger partial charge in [-0.1, -0.05) is 23.7 Å². The van der Waals surface area contributed by atoms with Crippen LogP contribution in [0.4, 0.5) is 11.6 Å². The van der Waals surface area contributed by atoms with Crippen LogP contribution in [0, 0.1) is 5.92 Å². The van der Waals surface area contributed by atoms with Crippen molar-refractivity contribution in [1.29, 1.82) is 0 Å². The molecular weight excluding hydrogens is 430 g/mol. The number of hydrogen-bond donors (Lipinski definition) is 2. The maximum absolute atomic E-state index is 12.7. The number of fused-ring (bicyclic) bond motifs is 3. The predicted octanol–water partition coefficient (Wildman–Crippen LogP) is 4.11. The molecule has 0 amide bonds. The summed E-state index contributed by atoms with van der Waals surface area (Å²) in [7, 11) is -1.00. The molecule has 31 heavy (non-hydrogen) atoms. The normalized spacial score (nSPS) is 30.3. The van der Waals surface area contributed by atoms with Gasteiger partial charge in [0, 0.05) is 23.4 Å². The Morgan fingerprint density at radius 1 is 1.26 bits per heavy atom. The summed E-state index contributed by atoms with van der Waals surface area (Å²) in [5.41, 5.74) is 2.26. The zero-order valence-corrected chi connectivity index (χ0v) is 19.1. The number of hydrogen-bond acceptors (Lipinski definition) is 5. The lowest BCUT2D eigenvalue weighted by Crippen LogP contribution is -2.48. The van der Waals surface area contributed by atoms with E-state index in [-0.39, 0.29) is 12.1 Å². The molecule has 2 aliphatic heterocycles. The summed E-state index contributed by atoms with van der Waals surface area (Å²) >= 11 is 6.08. The number of benzene rings is 1. The molecule has 164 valence electrons. The third-order valence-electron chi connectivity index (χ3n) is 7.95. The van der Waals surface area contributed by atoms with Gasteiger partial charge in [-0.25, -0.2) is 4.98 Å². The SMILES string of the molecule is O=S1CCc2cc(N3CC4CC3CC4c3ccc(Cl)cc3)nc(NC3(CO)CCC3)c21. The summed E-state index contributed by atoms with van der Waals surface area (Å²) in [5, 5.41) is 14.3. The maximum Gasteiger partial charge on any atom is 0.145 e. The van der Waals surface area contributed by atoms with Crippen LogP contribution in [0.5, 0.6) is 0 Å². The Morgan fingerprint density at radius 2 is 2.06 bits per heavy atom. The molecule has 1 aromatic heterocycles. The molecule has 7 heteroatoms. The van der Waals surface area contributed by atoms with Gasteiger partial charge in [-0.2, -0.15) is 0 Å². The summed E-state index contributed by atoms with van der Waals surface area (Å²) in [6.45, 7) is 1.11. The molecule has 5 nitrogen and oxygen atoms in total. The first-order valence-corrected chi connectivity index (χ1v) is 13.1. The third kappa shape index (κ3) is 3.30. The van der Waals surface area contributed by atoms with Gasteiger partial charge in [0.2, 0.25) is 0 Å². The van der Waals surface area contributed by atoms with Crippen LogP contribution in [0.2, 0.25) is 5.02 Å². The van der Waals surface area contributed by atoms with Crippen molar-refractivity contribution in [3.8, 4) is 0 Å². The maximum atomic E-state index is 12.7. The van der Waals surface area contributed by atoms with Gasteiger partial charge in [0.1, 0.15) is 11.6 Å². The molecule has 6 rings (SSSR count). The lowest BCUT2D eigenvalue weighted by molar-refractivity contribution is 0.143. The quantitative estimate of drug-likeness (QED) is 0.707. The van der Waals surface area contributed by atoms with Crippen LogP contribution < -0.4 is 10.2 Å². The fourth-order valence-electron chi connectivity index (χ4n) is 6.08. The number of nitrogens with zero attached hydrogens (tertiary/aromatic N) is 2. The van der Waals surface area contributed by atoms with Crippen LogP contribution in [0.3, 0.4) is 0 Å². The number of aliphatic hydroxyl groups is 1. The molecule has 4 atom stereocenters. The Bertz CT molecular complexity index is 1030. The summed E-state index contributed by atoms with van der Waals surface area (Å²) in [4.78, 5) is 8.35. The first-order valence-electron chi connectivity index (χ1n) is 11.4. The molecule has 0 spiro atoms. The van der Waals surface area contributed by atoms with Gasteiger partial charge in [-0.05, 0) is 79.7 Å². The molecule has 2 aliphatic carbocycles. The van der Waals surface area contributed by atoms with Crippen LogP contribution in [-0.4, -0.2) is 44.8 Å². The molecule has 0 radical (unpaired) electrons. The van der Waals surface area contributed by atoms with Crippen LogP contribution in [-0.2, 0) is 17.2 Å². The molecule has 2 saturated carbocycles. The average molecular weight is 458 g/mol. The van der Waals surface area contributed by atoms with Crippen LogP contribution >= 0.6 is 11.6 Å². The van der Waals surface area contributed by atoms with E-state index >= 15 is 0 Å². The lowest BCUT2D eigenvalue weighted by Gasteiger charge is -2.42. The fraction of sp³-hybridized carbons (Fsp3) is 0.542. The number of aryl methyl sites for hydroxylation is 1. The summed E-state index contributed by atoms with van der Waals surface area (Å²) in [6.07, 6.45) is 6.16. The minimum absolute atomic E-state index is 0.0947. The summed E-state index contributed by atoms with van der Waals surface area (Å²) in [5.74, 6) is 3.64. The number of nitrogens with one attached hydrogen (secondary N) is 1. The number of rotatable bonds is 5. The van der Waals surface area contributed by atoms with Crippen molar-refractivity contribution in [2.24, 2.45) is 5.92 Å². The van der Waals surface area contributed by atoms with Crippen LogP contribution in [0.15, 0.2) is 35.2 Å². The van der Waals surface area contributed by atoms with Crippen LogP contribution in [0.1, 0.15) is 49.1 Å². The highest BCUT2D eigenvalue weighted by molar-refractivity contribution is 7.85. The first kappa shape index (κ1) is 20.0. The molecule has 2 aromatic rings. The molecule has 1 aromatic carbocycles. The Morgan fingerprint density at radius 3 is 2.71 bits per heavy atom. The average Bonchev–Trinajstić information content (AvgIpc) is 3.45. The third-order valence-corrected chi connectivity index (χ3v) is 9.69. The minimum atomic E-state index is -1.00. The highest BCUT2D eigenvalue weighted by Gasteiger charge is 2.46. The number of halogens is 1. The smallest absolute Gasteiger partial charge is 0.145 e. The minimum Gasteiger partial charge on any atom is -0.394 e. The number of pyridine rings is 1. The van der Waals surface area contributed by atoms with E-state index in [4.69, 9.17) is 16.6 Å². The Hall–Kier alpha value is -1.63. The van der Waals surface area contributed by atoms with E-state index in [9.17, 15) is 9.32 Å².